The van der Waals surface area contributed by atoms with Gasteiger partial charge in [-0.25, -0.2) is 4.98 Å². The van der Waals surface area contributed by atoms with E-state index in [1.54, 1.807) is 12.1 Å². The predicted molar refractivity (Wildman–Crippen MR) is 102 cm³/mol. The fraction of sp³-hybridized carbons (Fsp3) is 0.143. The first-order valence-electron chi connectivity index (χ1n) is 8.55. The predicted octanol–water partition coefficient (Wildman–Crippen LogP) is 5.27. The fourth-order valence-electron chi connectivity index (χ4n) is 2.48. The molecule has 0 saturated carbocycles. The first-order valence-corrected chi connectivity index (χ1v) is 8.55. The van der Waals surface area contributed by atoms with Crippen molar-refractivity contribution >= 4 is 17.4 Å². The number of hydrogen-bond donors (Lipinski definition) is 2. The van der Waals surface area contributed by atoms with E-state index in [2.05, 4.69) is 15.6 Å². The van der Waals surface area contributed by atoms with E-state index >= 15 is 0 Å². The molecule has 0 aliphatic carbocycles. The highest BCUT2D eigenvalue weighted by Gasteiger charge is 2.30. The molecule has 3 aromatic rings. The van der Waals surface area contributed by atoms with Crippen LogP contribution in [0.4, 0.5) is 24.7 Å². The highest BCUT2D eigenvalue weighted by atomic mass is 19.4. The van der Waals surface area contributed by atoms with Gasteiger partial charge in [-0.05, 0) is 48.9 Å². The number of anilines is 2. The molecule has 7 heteroatoms. The Hall–Kier alpha value is -3.35. The van der Waals surface area contributed by atoms with Gasteiger partial charge in [0.1, 0.15) is 5.82 Å². The molecule has 1 aromatic heterocycles. The van der Waals surface area contributed by atoms with E-state index in [0.29, 0.717) is 18.1 Å². The molecule has 0 fully saturated rings. The van der Waals surface area contributed by atoms with Crippen LogP contribution >= 0.6 is 0 Å². The molecule has 0 unspecified atom stereocenters. The van der Waals surface area contributed by atoms with Gasteiger partial charge in [0.15, 0.2) is 0 Å². The summed E-state index contributed by atoms with van der Waals surface area (Å²) >= 11 is 0. The average Bonchev–Trinajstić information content (AvgIpc) is 2.68. The summed E-state index contributed by atoms with van der Waals surface area (Å²) in [5.41, 5.74) is 2.09. The number of rotatable bonds is 5. The summed E-state index contributed by atoms with van der Waals surface area (Å²) in [5, 5.41) is 5.80. The molecule has 4 nitrogen and oxygen atoms in total. The van der Waals surface area contributed by atoms with E-state index in [9.17, 15) is 18.0 Å². The number of carbonyl (C=O) groups is 1. The van der Waals surface area contributed by atoms with Crippen LogP contribution in [-0.2, 0) is 12.7 Å². The molecule has 0 saturated heterocycles. The van der Waals surface area contributed by atoms with E-state index < -0.39 is 17.6 Å². The molecular weight excluding hydrogens is 367 g/mol. The van der Waals surface area contributed by atoms with E-state index in [0.717, 1.165) is 29.8 Å². The third kappa shape index (κ3) is 5.09. The molecule has 0 spiro atoms. The van der Waals surface area contributed by atoms with Crippen molar-refractivity contribution in [2.45, 2.75) is 19.6 Å². The summed E-state index contributed by atoms with van der Waals surface area (Å²) in [6.45, 7) is 2.64. The van der Waals surface area contributed by atoms with E-state index in [1.165, 1.54) is 11.8 Å². The molecule has 144 valence electrons. The standard InChI is InChI=1S/C21H18F3N3O/c1-14-2-4-15(5-3-14)12-25-19-11-10-18(13-26-19)27-20(28)16-6-8-17(9-7-16)21(22,23)24/h2-11,13H,12H2,1H3,(H,25,26)(H,27,28). The number of aryl methyl sites for hydroxylation is 1. The van der Waals surface area contributed by atoms with Gasteiger partial charge in [-0.2, -0.15) is 13.2 Å². The number of hydrogen-bond acceptors (Lipinski definition) is 3. The number of aromatic nitrogens is 1. The second-order valence-corrected chi connectivity index (χ2v) is 6.30. The van der Waals surface area contributed by atoms with Crippen LogP contribution in [0.25, 0.3) is 0 Å². The minimum atomic E-state index is -4.43. The first-order chi connectivity index (χ1) is 13.3. The van der Waals surface area contributed by atoms with Crippen LogP contribution in [0.5, 0.6) is 0 Å². The molecule has 2 N–H and O–H groups in total. The van der Waals surface area contributed by atoms with Crippen LogP contribution in [-0.4, -0.2) is 10.9 Å². The van der Waals surface area contributed by atoms with E-state index in [4.69, 9.17) is 0 Å². The van der Waals surface area contributed by atoms with E-state index in [1.807, 2.05) is 31.2 Å². The third-order valence-corrected chi connectivity index (χ3v) is 4.09. The Morgan fingerprint density at radius 2 is 1.64 bits per heavy atom. The Morgan fingerprint density at radius 1 is 0.964 bits per heavy atom. The van der Waals surface area contributed by atoms with Crippen LogP contribution < -0.4 is 10.6 Å². The Kier molecular flexibility index (Phi) is 5.63. The summed E-state index contributed by atoms with van der Waals surface area (Å²) in [6.07, 6.45) is -2.94. The van der Waals surface area contributed by atoms with Gasteiger partial charge in [-0.1, -0.05) is 29.8 Å². The second kappa shape index (κ2) is 8.12. The number of benzene rings is 2. The van der Waals surface area contributed by atoms with Gasteiger partial charge in [-0.3, -0.25) is 4.79 Å². The van der Waals surface area contributed by atoms with Gasteiger partial charge in [0, 0.05) is 12.1 Å². The van der Waals surface area contributed by atoms with Crippen LogP contribution in [0.1, 0.15) is 27.0 Å². The van der Waals surface area contributed by atoms with Gasteiger partial charge in [0.2, 0.25) is 0 Å². The Labute approximate surface area is 160 Å². The Balaban J connectivity index is 1.57. The number of nitrogens with one attached hydrogen (secondary N) is 2. The summed E-state index contributed by atoms with van der Waals surface area (Å²) < 4.78 is 37.7. The Bertz CT molecular complexity index is 935. The van der Waals surface area contributed by atoms with E-state index in [-0.39, 0.29) is 5.56 Å². The minimum Gasteiger partial charge on any atom is -0.366 e. The Morgan fingerprint density at radius 3 is 2.21 bits per heavy atom. The number of halogens is 3. The lowest BCUT2D eigenvalue weighted by Crippen LogP contribution is -2.13. The average molecular weight is 385 g/mol. The first kappa shape index (κ1) is 19.4. The molecule has 28 heavy (non-hydrogen) atoms. The number of pyridine rings is 1. The molecular formula is C21H18F3N3O. The van der Waals surface area contributed by atoms with Gasteiger partial charge < -0.3 is 10.6 Å². The van der Waals surface area contributed by atoms with Crippen LogP contribution in [0.3, 0.4) is 0 Å². The quantitative estimate of drug-likeness (QED) is 0.629. The molecule has 1 amide bonds. The van der Waals surface area contributed by atoms with Gasteiger partial charge >= 0.3 is 6.18 Å². The number of amides is 1. The van der Waals surface area contributed by atoms with Gasteiger partial charge in [-0.15, -0.1) is 0 Å². The molecule has 2 aromatic carbocycles. The van der Waals surface area contributed by atoms with Crippen molar-refractivity contribution < 1.29 is 18.0 Å². The lowest BCUT2D eigenvalue weighted by atomic mass is 10.1. The lowest BCUT2D eigenvalue weighted by Gasteiger charge is -2.09. The topological polar surface area (TPSA) is 54.0 Å². The normalized spacial score (nSPS) is 11.1. The molecule has 0 aliphatic heterocycles. The van der Waals surface area contributed by atoms with Crippen LogP contribution in [0.15, 0.2) is 66.9 Å². The maximum absolute atomic E-state index is 12.6. The molecule has 0 atom stereocenters. The zero-order valence-electron chi connectivity index (χ0n) is 15.0. The van der Waals surface area contributed by atoms with Crippen molar-refractivity contribution in [3.63, 3.8) is 0 Å². The molecule has 0 aliphatic rings. The van der Waals surface area contributed by atoms with Crippen molar-refractivity contribution in [3.8, 4) is 0 Å². The molecule has 0 radical (unpaired) electrons. The lowest BCUT2D eigenvalue weighted by molar-refractivity contribution is -0.137. The number of nitrogens with zero attached hydrogens (tertiary/aromatic N) is 1. The van der Waals surface area contributed by atoms with Crippen molar-refractivity contribution in [1.82, 2.24) is 4.98 Å². The van der Waals surface area contributed by atoms with Crippen molar-refractivity contribution in [2.75, 3.05) is 10.6 Å². The monoisotopic (exact) mass is 385 g/mol. The summed E-state index contributed by atoms with van der Waals surface area (Å²) in [4.78, 5) is 16.4. The second-order valence-electron chi connectivity index (χ2n) is 6.30. The number of alkyl halides is 3. The molecule has 3 rings (SSSR count). The summed E-state index contributed by atoms with van der Waals surface area (Å²) in [6, 6.07) is 15.6. The number of carbonyl (C=O) groups excluding carboxylic acids is 1. The van der Waals surface area contributed by atoms with Crippen molar-refractivity contribution in [3.05, 3.63) is 89.1 Å². The highest BCUT2D eigenvalue weighted by Crippen LogP contribution is 2.29. The van der Waals surface area contributed by atoms with Gasteiger partial charge in [0.05, 0.1) is 17.4 Å². The maximum atomic E-state index is 12.6. The van der Waals surface area contributed by atoms with Crippen molar-refractivity contribution in [1.29, 1.82) is 0 Å². The highest BCUT2D eigenvalue weighted by molar-refractivity contribution is 6.04. The van der Waals surface area contributed by atoms with Crippen molar-refractivity contribution in [2.24, 2.45) is 0 Å². The van der Waals surface area contributed by atoms with Crippen LogP contribution in [0.2, 0.25) is 0 Å². The SMILES string of the molecule is Cc1ccc(CNc2ccc(NC(=O)c3ccc(C(F)(F)F)cc3)cn2)cc1. The zero-order valence-corrected chi connectivity index (χ0v) is 15.0. The van der Waals surface area contributed by atoms with Gasteiger partial charge in [0.25, 0.3) is 5.91 Å². The van der Waals surface area contributed by atoms with Crippen LogP contribution in [0, 0.1) is 6.92 Å². The molecule has 1 heterocycles. The smallest absolute Gasteiger partial charge is 0.366 e. The molecule has 0 bridgehead atoms. The largest absolute Gasteiger partial charge is 0.416 e. The fourth-order valence-corrected chi connectivity index (χ4v) is 2.48. The zero-order chi connectivity index (χ0) is 20.1. The summed E-state index contributed by atoms with van der Waals surface area (Å²) in [5.74, 6) is 0.143. The third-order valence-electron chi connectivity index (χ3n) is 4.09. The minimum absolute atomic E-state index is 0.134. The maximum Gasteiger partial charge on any atom is 0.416 e. The summed E-state index contributed by atoms with van der Waals surface area (Å²) in [7, 11) is 0.